The molecule has 16 heavy (non-hydrogen) atoms. The molecule has 0 amide bonds. The summed E-state index contributed by atoms with van der Waals surface area (Å²) in [5, 5.41) is 3.42. The summed E-state index contributed by atoms with van der Waals surface area (Å²) in [7, 11) is 2.08. The summed E-state index contributed by atoms with van der Waals surface area (Å²) >= 11 is 0. The van der Waals surface area contributed by atoms with Crippen molar-refractivity contribution in [3.05, 3.63) is 0 Å². The molecule has 3 heteroatoms. The molecule has 0 aliphatic carbocycles. The molecule has 1 N–H and O–H groups in total. The molecule has 0 radical (unpaired) electrons. The third-order valence-corrected chi connectivity index (χ3v) is 4.39. The van der Waals surface area contributed by atoms with Gasteiger partial charge in [-0.2, -0.15) is 0 Å². The summed E-state index contributed by atoms with van der Waals surface area (Å²) in [6.07, 6.45) is 4.26. The lowest BCUT2D eigenvalue weighted by Crippen LogP contribution is -2.52. The zero-order chi connectivity index (χ0) is 11.5. The molecule has 0 saturated carbocycles. The van der Waals surface area contributed by atoms with Crippen molar-refractivity contribution >= 4 is 0 Å². The van der Waals surface area contributed by atoms with Crippen LogP contribution in [-0.2, 0) is 4.74 Å². The second kappa shape index (κ2) is 5.48. The van der Waals surface area contributed by atoms with Gasteiger partial charge in [0.15, 0.2) is 0 Å². The van der Waals surface area contributed by atoms with Gasteiger partial charge < -0.3 is 10.1 Å². The fourth-order valence-electron chi connectivity index (χ4n) is 3.19. The molecule has 3 nitrogen and oxygen atoms in total. The van der Waals surface area contributed by atoms with Crippen LogP contribution in [-0.4, -0.2) is 49.8 Å². The normalized spacial score (nSPS) is 38.8. The average Bonchev–Trinajstić information content (AvgIpc) is 2.81. The highest BCUT2D eigenvalue weighted by atomic mass is 16.5. The van der Waals surface area contributed by atoms with Crippen molar-refractivity contribution in [1.29, 1.82) is 0 Å². The molecule has 4 unspecified atom stereocenters. The fraction of sp³-hybridized carbons (Fsp3) is 1.00. The number of hydrogen-bond donors (Lipinski definition) is 1. The molecular formula is C13H26N2O. The number of hydrogen-bond acceptors (Lipinski definition) is 3. The highest BCUT2D eigenvalue weighted by Gasteiger charge is 2.32. The van der Waals surface area contributed by atoms with E-state index >= 15 is 0 Å². The van der Waals surface area contributed by atoms with Crippen molar-refractivity contribution < 1.29 is 4.74 Å². The summed E-state index contributed by atoms with van der Waals surface area (Å²) in [4.78, 5) is 2.62. The van der Waals surface area contributed by atoms with Crippen LogP contribution in [0.3, 0.4) is 0 Å². The molecule has 2 aliphatic rings. The summed E-state index contributed by atoms with van der Waals surface area (Å²) in [6.45, 7) is 8.10. The quantitative estimate of drug-likeness (QED) is 0.789. The first-order chi connectivity index (χ1) is 7.72. The Morgan fingerprint density at radius 3 is 2.75 bits per heavy atom. The lowest BCUT2D eigenvalue weighted by Gasteiger charge is -2.41. The van der Waals surface area contributed by atoms with Crippen LogP contribution in [0.1, 0.15) is 33.1 Å². The van der Waals surface area contributed by atoms with Crippen LogP contribution in [0.5, 0.6) is 0 Å². The monoisotopic (exact) mass is 226 g/mol. The van der Waals surface area contributed by atoms with Gasteiger partial charge in [0.1, 0.15) is 0 Å². The van der Waals surface area contributed by atoms with Gasteiger partial charge in [0.25, 0.3) is 0 Å². The van der Waals surface area contributed by atoms with Gasteiger partial charge in [-0.25, -0.2) is 0 Å². The van der Waals surface area contributed by atoms with Gasteiger partial charge in [0, 0.05) is 31.8 Å². The van der Waals surface area contributed by atoms with Gasteiger partial charge in [0.05, 0.1) is 6.10 Å². The van der Waals surface area contributed by atoms with Crippen molar-refractivity contribution in [2.24, 2.45) is 5.92 Å². The van der Waals surface area contributed by atoms with E-state index < -0.39 is 0 Å². The summed E-state index contributed by atoms with van der Waals surface area (Å²) < 4.78 is 5.80. The van der Waals surface area contributed by atoms with Gasteiger partial charge in [-0.1, -0.05) is 6.92 Å². The average molecular weight is 226 g/mol. The number of nitrogens with zero attached hydrogens (tertiary/aromatic N) is 1. The maximum absolute atomic E-state index is 5.80. The Labute approximate surface area is 99.5 Å². The predicted molar refractivity (Wildman–Crippen MR) is 66.6 cm³/mol. The predicted octanol–water partition coefficient (Wildman–Crippen LogP) is 1.48. The van der Waals surface area contributed by atoms with E-state index in [-0.39, 0.29) is 0 Å². The van der Waals surface area contributed by atoms with Gasteiger partial charge in [-0.05, 0) is 39.2 Å². The van der Waals surface area contributed by atoms with Gasteiger partial charge >= 0.3 is 0 Å². The first kappa shape index (κ1) is 12.3. The Hall–Kier alpha value is -0.120. The molecule has 2 saturated heterocycles. The molecular weight excluding hydrogens is 200 g/mol. The number of likely N-dealkylation sites (tertiary alicyclic amines) is 1. The molecule has 0 bridgehead atoms. The van der Waals surface area contributed by atoms with Crippen molar-refractivity contribution in [1.82, 2.24) is 10.2 Å². The number of ether oxygens (including phenoxy) is 1. The molecule has 2 rings (SSSR count). The summed E-state index contributed by atoms with van der Waals surface area (Å²) in [6, 6.07) is 1.30. The topological polar surface area (TPSA) is 24.5 Å². The second-order valence-electron chi connectivity index (χ2n) is 5.45. The molecule has 0 spiro atoms. The molecule has 0 aromatic heterocycles. The SMILES string of the molecule is CNC1CCN(C(C)C2CCCO2)CC1C. The van der Waals surface area contributed by atoms with E-state index in [4.69, 9.17) is 4.74 Å². The van der Waals surface area contributed by atoms with Crippen LogP contribution < -0.4 is 5.32 Å². The van der Waals surface area contributed by atoms with Crippen LogP contribution in [0, 0.1) is 5.92 Å². The first-order valence-corrected chi connectivity index (χ1v) is 6.75. The van der Waals surface area contributed by atoms with E-state index in [1.807, 2.05) is 0 Å². The molecule has 2 fully saturated rings. The van der Waals surface area contributed by atoms with E-state index in [2.05, 4.69) is 31.1 Å². The highest BCUT2D eigenvalue weighted by Crippen LogP contribution is 2.24. The van der Waals surface area contributed by atoms with Crippen molar-refractivity contribution in [2.45, 2.75) is 51.3 Å². The lowest BCUT2D eigenvalue weighted by molar-refractivity contribution is 0.00989. The second-order valence-corrected chi connectivity index (χ2v) is 5.45. The third-order valence-electron chi connectivity index (χ3n) is 4.39. The number of rotatable bonds is 3. The molecule has 4 atom stereocenters. The zero-order valence-corrected chi connectivity index (χ0v) is 10.9. The van der Waals surface area contributed by atoms with Crippen LogP contribution >= 0.6 is 0 Å². The Morgan fingerprint density at radius 1 is 1.38 bits per heavy atom. The maximum atomic E-state index is 5.80. The Balaban J connectivity index is 1.86. The summed E-state index contributed by atoms with van der Waals surface area (Å²) in [5.41, 5.74) is 0. The third kappa shape index (κ3) is 2.58. The maximum Gasteiger partial charge on any atom is 0.0728 e. The summed E-state index contributed by atoms with van der Waals surface area (Å²) in [5.74, 6) is 0.752. The first-order valence-electron chi connectivity index (χ1n) is 6.75. The standard InChI is InChI=1S/C13H26N2O/c1-10-9-15(7-6-12(10)14-3)11(2)13-5-4-8-16-13/h10-14H,4-9H2,1-3H3. The van der Waals surface area contributed by atoms with E-state index in [9.17, 15) is 0 Å². The van der Waals surface area contributed by atoms with Crippen LogP contribution in [0.15, 0.2) is 0 Å². The van der Waals surface area contributed by atoms with Crippen LogP contribution in [0.25, 0.3) is 0 Å². The molecule has 0 aromatic carbocycles. The van der Waals surface area contributed by atoms with Crippen molar-refractivity contribution in [3.8, 4) is 0 Å². The lowest BCUT2D eigenvalue weighted by atomic mass is 9.92. The smallest absolute Gasteiger partial charge is 0.0728 e. The Kier molecular flexibility index (Phi) is 4.22. The largest absolute Gasteiger partial charge is 0.377 e. The van der Waals surface area contributed by atoms with Crippen LogP contribution in [0.4, 0.5) is 0 Å². The minimum Gasteiger partial charge on any atom is -0.377 e. The molecule has 2 aliphatic heterocycles. The minimum atomic E-state index is 0.485. The van der Waals surface area contributed by atoms with Crippen molar-refractivity contribution in [3.63, 3.8) is 0 Å². The van der Waals surface area contributed by atoms with E-state index in [1.165, 1.54) is 32.4 Å². The Bertz CT molecular complexity index is 216. The van der Waals surface area contributed by atoms with Gasteiger partial charge in [-0.3, -0.25) is 4.90 Å². The highest BCUT2D eigenvalue weighted by molar-refractivity contribution is 4.87. The molecule has 2 heterocycles. The zero-order valence-electron chi connectivity index (χ0n) is 10.9. The van der Waals surface area contributed by atoms with E-state index in [0.717, 1.165) is 12.5 Å². The van der Waals surface area contributed by atoms with Gasteiger partial charge in [0.2, 0.25) is 0 Å². The number of piperidine rings is 1. The number of nitrogens with one attached hydrogen (secondary N) is 1. The van der Waals surface area contributed by atoms with Crippen molar-refractivity contribution in [2.75, 3.05) is 26.7 Å². The fourth-order valence-corrected chi connectivity index (χ4v) is 3.19. The molecule has 0 aromatic rings. The Morgan fingerprint density at radius 2 is 2.19 bits per heavy atom. The minimum absolute atomic E-state index is 0.485. The van der Waals surface area contributed by atoms with Gasteiger partial charge in [-0.15, -0.1) is 0 Å². The van der Waals surface area contributed by atoms with Crippen LogP contribution in [0.2, 0.25) is 0 Å². The van der Waals surface area contributed by atoms with E-state index in [1.54, 1.807) is 0 Å². The van der Waals surface area contributed by atoms with E-state index in [0.29, 0.717) is 18.2 Å². The molecule has 94 valence electrons.